The summed E-state index contributed by atoms with van der Waals surface area (Å²) in [5, 5.41) is 8.77. The summed E-state index contributed by atoms with van der Waals surface area (Å²) in [7, 11) is 0. The molecule has 0 amide bonds. The highest BCUT2D eigenvalue weighted by molar-refractivity contribution is 6.30. The van der Waals surface area contributed by atoms with E-state index in [0.717, 1.165) is 111 Å². The van der Waals surface area contributed by atoms with Gasteiger partial charge in [0.15, 0.2) is 0 Å². The number of anilines is 6. The first-order chi connectivity index (χ1) is 31.3. The third-order valence-electron chi connectivity index (χ3n) is 12.7. The molecule has 2 aromatic heterocycles. The molecule has 0 radical (unpaired) electrons. The molecule has 12 aromatic rings. The highest BCUT2D eigenvalue weighted by Crippen LogP contribution is 2.47. The SMILES string of the molecule is Cc1cccc(N(c2cccc(C)c2)c2ccc3cc4c(cc3c2)oc2cc(-c3ccccc3)c3oc5cc6cc(N(c7cccc(C)c7)c7cccc(C)c7)ccc6cc5c3c24)c1. The molecule has 64 heavy (non-hydrogen) atoms. The number of aryl methyl sites for hydroxylation is 4. The Morgan fingerprint density at radius 3 is 1.22 bits per heavy atom. The van der Waals surface area contributed by atoms with Gasteiger partial charge in [-0.1, -0.05) is 91.0 Å². The minimum atomic E-state index is 0.836. The second-order valence-electron chi connectivity index (χ2n) is 17.4. The van der Waals surface area contributed by atoms with Gasteiger partial charge in [0.1, 0.15) is 22.3 Å². The van der Waals surface area contributed by atoms with Crippen LogP contribution in [0.3, 0.4) is 0 Å². The first kappa shape index (κ1) is 37.7. The standard InChI is InChI=1S/C60H44N2O2/c1-37-12-8-18-46(26-37)61(47-19-9-13-38(2)27-47)50-24-22-42-32-53-55(34-44(42)30-50)63-57-36-52(41-16-6-5-7-17-41)60-59(58(53)57)54-33-43-23-25-51(31-45(43)35-56(54)64-60)62(48-20-10-14-39(3)28-48)49-21-11-15-40(4)29-49/h5-36H,1-4H3. The van der Waals surface area contributed by atoms with Crippen molar-refractivity contribution in [2.24, 2.45) is 0 Å². The van der Waals surface area contributed by atoms with Crippen LogP contribution in [0.2, 0.25) is 0 Å². The molecular weight excluding hydrogens is 781 g/mol. The molecule has 0 spiro atoms. The molecule has 12 rings (SSSR count). The van der Waals surface area contributed by atoms with Crippen molar-refractivity contribution in [1.82, 2.24) is 0 Å². The maximum atomic E-state index is 7.04. The minimum absolute atomic E-state index is 0.836. The zero-order chi connectivity index (χ0) is 43.1. The van der Waals surface area contributed by atoms with Crippen molar-refractivity contribution in [3.63, 3.8) is 0 Å². The maximum absolute atomic E-state index is 7.04. The molecule has 0 fully saturated rings. The van der Waals surface area contributed by atoms with E-state index in [9.17, 15) is 0 Å². The van der Waals surface area contributed by atoms with E-state index in [0.29, 0.717) is 0 Å². The molecule has 0 aliphatic rings. The molecule has 2 heterocycles. The van der Waals surface area contributed by atoms with Crippen LogP contribution in [0.4, 0.5) is 34.1 Å². The normalized spacial score (nSPS) is 11.8. The average molecular weight is 825 g/mol. The molecule has 10 aromatic carbocycles. The monoisotopic (exact) mass is 824 g/mol. The molecule has 4 heteroatoms. The van der Waals surface area contributed by atoms with Crippen LogP contribution >= 0.6 is 0 Å². The lowest BCUT2D eigenvalue weighted by Gasteiger charge is -2.26. The predicted molar refractivity (Wildman–Crippen MR) is 270 cm³/mol. The topological polar surface area (TPSA) is 32.8 Å². The fourth-order valence-electron chi connectivity index (χ4n) is 9.74. The number of hydrogen-bond acceptors (Lipinski definition) is 4. The van der Waals surface area contributed by atoms with E-state index in [2.05, 4.69) is 232 Å². The van der Waals surface area contributed by atoms with Gasteiger partial charge in [0.2, 0.25) is 0 Å². The van der Waals surface area contributed by atoms with E-state index >= 15 is 0 Å². The molecule has 306 valence electrons. The molecule has 0 saturated carbocycles. The van der Waals surface area contributed by atoms with Crippen LogP contribution < -0.4 is 9.80 Å². The zero-order valence-electron chi connectivity index (χ0n) is 36.2. The summed E-state index contributed by atoms with van der Waals surface area (Å²) in [6, 6.07) is 70.0. The highest BCUT2D eigenvalue weighted by atomic mass is 16.3. The Morgan fingerprint density at radius 1 is 0.312 bits per heavy atom. The molecule has 4 nitrogen and oxygen atoms in total. The van der Waals surface area contributed by atoms with E-state index in [-0.39, 0.29) is 0 Å². The van der Waals surface area contributed by atoms with Crippen molar-refractivity contribution in [1.29, 1.82) is 0 Å². The van der Waals surface area contributed by atoms with Crippen molar-refractivity contribution in [2.75, 3.05) is 9.80 Å². The van der Waals surface area contributed by atoms with Gasteiger partial charge < -0.3 is 18.6 Å². The van der Waals surface area contributed by atoms with Gasteiger partial charge in [0, 0.05) is 61.2 Å². The van der Waals surface area contributed by atoms with Gasteiger partial charge in [-0.05, 0) is 180 Å². The van der Waals surface area contributed by atoms with Crippen LogP contribution in [0.25, 0.3) is 76.5 Å². The number of rotatable bonds is 7. The van der Waals surface area contributed by atoms with Crippen molar-refractivity contribution in [3.8, 4) is 11.1 Å². The van der Waals surface area contributed by atoms with Crippen molar-refractivity contribution in [3.05, 3.63) is 216 Å². The lowest BCUT2D eigenvalue weighted by Crippen LogP contribution is -2.10. The number of fused-ring (bicyclic) bond motifs is 9. The Kier molecular flexibility index (Phi) is 8.70. The van der Waals surface area contributed by atoms with Gasteiger partial charge in [-0.25, -0.2) is 0 Å². The summed E-state index contributed by atoms with van der Waals surface area (Å²) in [4.78, 5) is 4.68. The molecule has 0 unspecified atom stereocenters. The second-order valence-corrected chi connectivity index (χ2v) is 17.4. The molecule has 0 aliphatic carbocycles. The van der Waals surface area contributed by atoms with Gasteiger partial charge >= 0.3 is 0 Å². The first-order valence-corrected chi connectivity index (χ1v) is 22.0. The number of furan rings is 2. The van der Waals surface area contributed by atoms with Gasteiger partial charge in [-0.15, -0.1) is 0 Å². The Hall–Kier alpha value is -8.08. The van der Waals surface area contributed by atoms with E-state index in [4.69, 9.17) is 8.83 Å². The van der Waals surface area contributed by atoms with E-state index in [1.807, 2.05) is 0 Å². The van der Waals surface area contributed by atoms with Crippen LogP contribution in [0.1, 0.15) is 22.3 Å². The summed E-state index contributed by atoms with van der Waals surface area (Å²) in [5.74, 6) is 0. The van der Waals surface area contributed by atoms with E-state index < -0.39 is 0 Å². The van der Waals surface area contributed by atoms with Crippen LogP contribution in [-0.2, 0) is 0 Å². The zero-order valence-corrected chi connectivity index (χ0v) is 36.2. The summed E-state index contributed by atoms with van der Waals surface area (Å²) in [6.07, 6.45) is 0. The van der Waals surface area contributed by atoms with Crippen molar-refractivity contribution >= 4 is 99.5 Å². The Labute approximate surface area is 371 Å². The summed E-state index contributed by atoms with van der Waals surface area (Å²) < 4.78 is 14.0. The number of nitrogens with zero attached hydrogens (tertiary/aromatic N) is 2. The Morgan fingerprint density at radius 2 is 0.750 bits per heavy atom. The van der Waals surface area contributed by atoms with Gasteiger partial charge in [0.05, 0.1) is 0 Å². The van der Waals surface area contributed by atoms with Crippen LogP contribution in [0.15, 0.2) is 203 Å². The molecule has 0 bridgehead atoms. The number of hydrogen-bond donors (Lipinski definition) is 0. The largest absolute Gasteiger partial charge is 0.456 e. The smallest absolute Gasteiger partial charge is 0.144 e. The Balaban J connectivity index is 1.06. The summed E-state index contributed by atoms with van der Waals surface area (Å²) in [5.41, 5.74) is 17.0. The molecule has 0 aliphatic heterocycles. The second kappa shape index (κ2) is 14.8. The third kappa shape index (κ3) is 6.37. The van der Waals surface area contributed by atoms with E-state index in [1.54, 1.807) is 0 Å². The third-order valence-corrected chi connectivity index (χ3v) is 12.7. The fraction of sp³-hybridized carbons (Fsp3) is 0.0667. The summed E-state index contributed by atoms with van der Waals surface area (Å²) in [6.45, 7) is 8.58. The highest BCUT2D eigenvalue weighted by Gasteiger charge is 2.23. The van der Waals surface area contributed by atoms with Crippen LogP contribution in [0, 0.1) is 27.7 Å². The first-order valence-electron chi connectivity index (χ1n) is 22.0. The van der Waals surface area contributed by atoms with Crippen molar-refractivity contribution in [2.45, 2.75) is 27.7 Å². The van der Waals surface area contributed by atoms with Crippen molar-refractivity contribution < 1.29 is 8.83 Å². The number of benzene rings is 10. The quantitative estimate of drug-likeness (QED) is 0.160. The Bertz CT molecular complexity index is 3710. The molecule has 0 N–H and O–H groups in total. The maximum Gasteiger partial charge on any atom is 0.144 e. The van der Waals surface area contributed by atoms with Gasteiger partial charge in [0.25, 0.3) is 0 Å². The lowest BCUT2D eigenvalue weighted by molar-refractivity contribution is 0.664. The predicted octanol–water partition coefficient (Wildman–Crippen LogP) is 17.6. The molecule has 0 atom stereocenters. The van der Waals surface area contributed by atoms with Crippen LogP contribution in [-0.4, -0.2) is 0 Å². The average Bonchev–Trinajstić information content (AvgIpc) is 3.84. The van der Waals surface area contributed by atoms with E-state index in [1.165, 1.54) is 22.3 Å². The fourth-order valence-corrected chi connectivity index (χ4v) is 9.74. The molecular formula is C60H44N2O2. The lowest BCUT2D eigenvalue weighted by atomic mass is 9.96. The minimum Gasteiger partial charge on any atom is -0.456 e. The van der Waals surface area contributed by atoms with Crippen LogP contribution in [0.5, 0.6) is 0 Å². The summed E-state index contributed by atoms with van der Waals surface area (Å²) >= 11 is 0. The molecule has 0 saturated heterocycles. The van der Waals surface area contributed by atoms with Gasteiger partial charge in [-0.2, -0.15) is 0 Å². The van der Waals surface area contributed by atoms with Gasteiger partial charge in [-0.3, -0.25) is 0 Å².